The normalized spacial score (nSPS) is 10.5. The lowest BCUT2D eigenvalue weighted by molar-refractivity contribution is 0.0980. The first-order chi connectivity index (χ1) is 8.16. The topological polar surface area (TPSA) is 30.2 Å². The van der Waals surface area contributed by atoms with Crippen LogP contribution < -0.4 is 0 Å². The molecule has 0 fully saturated rings. The molecule has 88 valence electrons. The molecule has 0 aliphatic carbocycles. The Hall–Kier alpha value is -1.90. The summed E-state index contributed by atoms with van der Waals surface area (Å²) in [5.41, 5.74) is 1.26. The van der Waals surface area contributed by atoms with Crippen LogP contribution in [0.5, 0.6) is 0 Å². The molecule has 0 unspecified atom stereocenters. The number of carbonyl (C=O) groups is 1. The highest BCUT2D eigenvalue weighted by Crippen LogP contribution is 2.14. The number of ketones is 1. The van der Waals surface area contributed by atoms with E-state index in [2.05, 4.69) is 0 Å². The maximum atomic E-state index is 13.1. The van der Waals surface area contributed by atoms with Crippen LogP contribution in [0.1, 0.15) is 28.1 Å². The van der Waals surface area contributed by atoms with E-state index in [4.69, 9.17) is 4.42 Å². The maximum absolute atomic E-state index is 13.1. The Bertz CT molecular complexity index is 515. The fraction of sp³-hybridized carbons (Fsp3) is 0.214. The second-order valence-electron chi connectivity index (χ2n) is 3.96. The summed E-state index contributed by atoms with van der Waals surface area (Å²) in [6, 6.07) is 7.88. The molecule has 1 aromatic carbocycles. The van der Waals surface area contributed by atoms with Gasteiger partial charge in [-0.25, -0.2) is 4.39 Å². The Labute approximate surface area is 99.1 Å². The largest absolute Gasteiger partial charge is 0.469 e. The van der Waals surface area contributed by atoms with Crippen molar-refractivity contribution >= 4 is 5.78 Å². The summed E-state index contributed by atoms with van der Waals surface area (Å²) in [6.45, 7) is 1.81. The molecule has 0 saturated carbocycles. The first kappa shape index (κ1) is 11.6. The van der Waals surface area contributed by atoms with E-state index >= 15 is 0 Å². The van der Waals surface area contributed by atoms with Crippen molar-refractivity contribution in [2.24, 2.45) is 0 Å². The smallest absolute Gasteiger partial charge is 0.163 e. The van der Waals surface area contributed by atoms with E-state index < -0.39 is 0 Å². The molecule has 0 aliphatic rings. The molecule has 0 aliphatic heterocycles. The first-order valence-electron chi connectivity index (χ1n) is 5.48. The van der Waals surface area contributed by atoms with Crippen LogP contribution in [-0.4, -0.2) is 5.78 Å². The van der Waals surface area contributed by atoms with Gasteiger partial charge in [0, 0.05) is 18.4 Å². The van der Waals surface area contributed by atoms with Gasteiger partial charge in [-0.2, -0.15) is 0 Å². The van der Waals surface area contributed by atoms with Gasteiger partial charge in [-0.05, 0) is 36.8 Å². The third kappa shape index (κ3) is 2.81. The minimum Gasteiger partial charge on any atom is -0.469 e. The molecule has 0 atom stereocenters. The van der Waals surface area contributed by atoms with Crippen LogP contribution >= 0.6 is 0 Å². The number of halogens is 1. The highest BCUT2D eigenvalue weighted by Gasteiger charge is 2.11. The lowest BCUT2D eigenvalue weighted by Gasteiger charge is -2.04. The molecule has 0 bridgehead atoms. The monoisotopic (exact) mass is 232 g/mol. The summed E-state index contributed by atoms with van der Waals surface area (Å²) in [5, 5.41) is 0. The third-order valence-corrected chi connectivity index (χ3v) is 2.68. The SMILES string of the molecule is Cc1ccc(F)cc1C(=O)CCc1ccco1. The number of furan rings is 1. The van der Waals surface area contributed by atoms with E-state index in [1.165, 1.54) is 12.1 Å². The number of aryl methyl sites for hydroxylation is 2. The predicted octanol–water partition coefficient (Wildman–Crippen LogP) is 3.54. The van der Waals surface area contributed by atoms with Crippen molar-refractivity contribution in [1.82, 2.24) is 0 Å². The first-order valence-corrected chi connectivity index (χ1v) is 5.48. The summed E-state index contributed by atoms with van der Waals surface area (Å²) >= 11 is 0. The molecule has 2 nitrogen and oxygen atoms in total. The van der Waals surface area contributed by atoms with Crippen LogP contribution in [0.15, 0.2) is 41.0 Å². The summed E-state index contributed by atoms with van der Waals surface area (Å²) in [5.74, 6) is 0.336. The van der Waals surface area contributed by atoms with Crippen LogP contribution in [0.4, 0.5) is 4.39 Å². The Morgan fingerprint density at radius 1 is 1.35 bits per heavy atom. The Morgan fingerprint density at radius 2 is 2.18 bits per heavy atom. The van der Waals surface area contributed by atoms with Crippen LogP contribution in [0.25, 0.3) is 0 Å². The zero-order valence-corrected chi connectivity index (χ0v) is 9.57. The lowest BCUT2D eigenvalue weighted by atomic mass is 10.0. The van der Waals surface area contributed by atoms with E-state index in [0.717, 1.165) is 11.3 Å². The van der Waals surface area contributed by atoms with E-state index in [0.29, 0.717) is 18.4 Å². The van der Waals surface area contributed by atoms with E-state index in [1.54, 1.807) is 25.3 Å². The molecule has 1 heterocycles. The van der Waals surface area contributed by atoms with E-state index in [1.807, 2.05) is 6.07 Å². The van der Waals surface area contributed by atoms with Gasteiger partial charge in [0.1, 0.15) is 11.6 Å². The van der Waals surface area contributed by atoms with Crippen LogP contribution in [0.2, 0.25) is 0 Å². The summed E-state index contributed by atoms with van der Waals surface area (Å²) in [7, 11) is 0. The number of rotatable bonds is 4. The highest BCUT2D eigenvalue weighted by molar-refractivity contribution is 5.97. The van der Waals surface area contributed by atoms with E-state index in [9.17, 15) is 9.18 Å². The zero-order valence-electron chi connectivity index (χ0n) is 9.57. The second-order valence-corrected chi connectivity index (χ2v) is 3.96. The zero-order chi connectivity index (χ0) is 12.3. The van der Waals surface area contributed by atoms with Crippen molar-refractivity contribution in [3.63, 3.8) is 0 Å². The van der Waals surface area contributed by atoms with Gasteiger partial charge in [-0.3, -0.25) is 4.79 Å². The highest BCUT2D eigenvalue weighted by atomic mass is 19.1. The molecular weight excluding hydrogens is 219 g/mol. The Morgan fingerprint density at radius 3 is 2.88 bits per heavy atom. The molecule has 1 aromatic heterocycles. The fourth-order valence-electron chi connectivity index (χ4n) is 1.72. The second kappa shape index (κ2) is 4.95. The van der Waals surface area contributed by atoms with Gasteiger partial charge in [0.15, 0.2) is 5.78 Å². The standard InChI is InChI=1S/C14H13FO2/c1-10-4-5-11(15)9-13(10)14(16)7-6-12-3-2-8-17-12/h2-5,8-9H,6-7H2,1H3. The van der Waals surface area contributed by atoms with Crippen molar-refractivity contribution in [2.45, 2.75) is 19.8 Å². The van der Waals surface area contributed by atoms with Crippen LogP contribution in [-0.2, 0) is 6.42 Å². The summed E-state index contributed by atoms with van der Waals surface area (Å²) in [4.78, 5) is 11.9. The number of carbonyl (C=O) groups excluding carboxylic acids is 1. The van der Waals surface area contributed by atoms with Gasteiger partial charge < -0.3 is 4.42 Å². The van der Waals surface area contributed by atoms with Gasteiger partial charge in [0.05, 0.1) is 6.26 Å². The fourth-order valence-corrected chi connectivity index (χ4v) is 1.72. The van der Waals surface area contributed by atoms with Gasteiger partial charge in [0.2, 0.25) is 0 Å². The Balaban J connectivity index is 2.07. The van der Waals surface area contributed by atoms with E-state index in [-0.39, 0.29) is 11.6 Å². The van der Waals surface area contributed by atoms with Crippen LogP contribution in [0.3, 0.4) is 0 Å². The van der Waals surface area contributed by atoms with Crippen molar-refractivity contribution < 1.29 is 13.6 Å². The minimum atomic E-state index is -0.378. The van der Waals surface area contributed by atoms with Crippen molar-refractivity contribution in [1.29, 1.82) is 0 Å². The molecule has 0 N–H and O–H groups in total. The number of Topliss-reactive ketones (excluding diaryl/α,β-unsaturated/α-hetero) is 1. The molecule has 2 aromatic rings. The molecule has 0 spiro atoms. The summed E-state index contributed by atoms with van der Waals surface area (Å²) in [6.07, 6.45) is 2.45. The molecule has 17 heavy (non-hydrogen) atoms. The van der Waals surface area contributed by atoms with Crippen molar-refractivity contribution in [2.75, 3.05) is 0 Å². The maximum Gasteiger partial charge on any atom is 0.163 e. The van der Waals surface area contributed by atoms with Gasteiger partial charge in [-0.15, -0.1) is 0 Å². The Kier molecular flexibility index (Phi) is 3.38. The van der Waals surface area contributed by atoms with Crippen molar-refractivity contribution in [3.05, 3.63) is 59.3 Å². The average Bonchev–Trinajstić information content (AvgIpc) is 2.82. The number of hydrogen-bond acceptors (Lipinski definition) is 2. The average molecular weight is 232 g/mol. The third-order valence-electron chi connectivity index (χ3n) is 2.68. The molecule has 0 amide bonds. The van der Waals surface area contributed by atoms with Crippen molar-refractivity contribution in [3.8, 4) is 0 Å². The number of hydrogen-bond donors (Lipinski definition) is 0. The molecule has 2 rings (SSSR count). The predicted molar refractivity (Wildman–Crippen MR) is 62.5 cm³/mol. The minimum absolute atomic E-state index is 0.0570. The lowest BCUT2D eigenvalue weighted by Crippen LogP contribution is -2.03. The van der Waals surface area contributed by atoms with Gasteiger partial charge in [-0.1, -0.05) is 6.07 Å². The van der Waals surface area contributed by atoms with Gasteiger partial charge >= 0.3 is 0 Å². The number of benzene rings is 1. The van der Waals surface area contributed by atoms with Crippen LogP contribution in [0, 0.1) is 12.7 Å². The summed E-state index contributed by atoms with van der Waals surface area (Å²) < 4.78 is 18.2. The van der Waals surface area contributed by atoms with Gasteiger partial charge in [0.25, 0.3) is 0 Å². The molecule has 0 radical (unpaired) electrons. The molecule has 3 heteroatoms. The molecule has 0 saturated heterocycles. The quantitative estimate of drug-likeness (QED) is 0.755. The molecular formula is C14H13FO2.